The summed E-state index contributed by atoms with van der Waals surface area (Å²) < 4.78 is 5.34. The van der Waals surface area contributed by atoms with Crippen LogP contribution in [0.25, 0.3) is 10.3 Å². The minimum absolute atomic E-state index is 0.178. The molecule has 4 rings (SSSR count). The number of methoxy groups -OCH3 is 1. The molecule has 136 valence electrons. The van der Waals surface area contributed by atoms with Crippen LogP contribution >= 0.6 is 11.3 Å². The highest BCUT2D eigenvalue weighted by Gasteiger charge is 2.20. The maximum absolute atomic E-state index is 9.65. The van der Waals surface area contributed by atoms with Crippen molar-refractivity contribution in [2.24, 2.45) is 0 Å². The van der Waals surface area contributed by atoms with Crippen LogP contribution in [0.2, 0.25) is 0 Å². The van der Waals surface area contributed by atoms with Gasteiger partial charge in [0, 0.05) is 24.7 Å². The van der Waals surface area contributed by atoms with Crippen LogP contribution in [0.4, 0.5) is 5.95 Å². The molecule has 0 aliphatic heterocycles. The summed E-state index contributed by atoms with van der Waals surface area (Å²) in [7, 11) is 1.61. The molecular weight excluding hydrogens is 350 g/mol. The van der Waals surface area contributed by atoms with Gasteiger partial charge in [-0.1, -0.05) is 11.3 Å². The number of ether oxygens (including phenoxy) is 1. The molecule has 3 aromatic heterocycles. The first-order valence-electron chi connectivity index (χ1n) is 8.76. The summed E-state index contributed by atoms with van der Waals surface area (Å²) in [5, 5.41) is 14.0. The van der Waals surface area contributed by atoms with Crippen LogP contribution in [0.1, 0.15) is 36.4 Å². The minimum atomic E-state index is -0.178. The molecule has 2 N–H and O–H groups in total. The number of aromatic nitrogens is 4. The fourth-order valence-electron chi connectivity index (χ4n) is 3.18. The van der Waals surface area contributed by atoms with Gasteiger partial charge in [0.2, 0.25) is 11.8 Å². The number of nitrogens with one attached hydrogen (secondary N) is 1. The van der Waals surface area contributed by atoms with E-state index in [0.717, 1.165) is 46.7 Å². The Hall–Kier alpha value is -2.32. The van der Waals surface area contributed by atoms with Gasteiger partial charge in [-0.2, -0.15) is 4.98 Å². The van der Waals surface area contributed by atoms with E-state index >= 15 is 0 Å². The number of nitrogens with zero attached hydrogens (tertiary/aromatic N) is 4. The normalized spacial score (nSPS) is 20.2. The molecule has 1 aliphatic rings. The summed E-state index contributed by atoms with van der Waals surface area (Å²) in [6, 6.07) is 5.98. The fourth-order valence-corrected chi connectivity index (χ4v) is 4.10. The number of hydrogen-bond donors (Lipinski definition) is 2. The third kappa shape index (κ3) is 3.91. The van der Waals surface area contributed by atoms with Crippen molar-refractivity contribution in [2.75, 3.05) is 12.4 Å². The Labute approximate surface area is 155 Å². The van der Waals surface area contributed by atoms with Gasteiger partial charge in [0.25, 0.3) is 0 Å². The van der Waals surface area contributed by atoms with Crippen molar-refractivity contribution in [2.45, 2.75) is 44.2 Å². The Morgan fingerprint density at radius 2 is 2.08 bits per heavy atom. The molecule has 0 aromatic carbocycles. The summed E-state index contributed by atoms with van der Waals surface area (Å²) in [6.07, 6.45) is 5.67. The van der Waals surface area contributed by atoms with Crippen molar-refractivity contribution in [3.05, 3.63) is 35.1 Å². The van der Waals surface area contributed by atoms with E-state index in [4.69, 9.17) is 4.74 Å². The number of hydrogen-bond acceptors (Lipinski definition) is 8. The highest BCUT2D eigenvalue weighted by atomic mass is 32.1. The highest BCUT2D eigenvalue weighted by molar-refractivity contribution is 7.18. The molecule has 0 amide bonds. The minimum Gasteiger partial charge on any atom is -0.481 e. The van der Waals surface area contributed by atoms with E-state index in [0.29, 0.717) is 18.2 Å². The molecule has 1 fully saturated rings. The monoisotopic (exact) mass is 371 g/mol. The van der Waals surface area contributed by atoms with Gasteiger partial charge in [-0.25, -0.2) is 15.0 Å². The first kappa shape index (κ1) is 17.1. The number of aliphatic hydroxyl groups is 1. The first-order chi connectivity index (χ1) is 12.7. The molecule has 7 nitrogen and oxygen atoms in total. The maximum Gasteiger partial charge on any atom is 0.226 e. The Balaban J connectivity index is 1.53. The average Bonchev–Trinajstić information content (AvgIpc) is 3.05. The van der Waals surface area contributed by atoms with Crippen LogP contribution in [0.5, 0.6) is 5.88 Å². The molecule has 3 aromatic rings. The quantitative estimate of drug-likeness (QED) is 0.712. The lowest BCUT2D eigenvalue weighted by Gasteiger charge is -2.26. The molecule has 1 aliphatic carbocycles. The zero-order valence-electron chi connectivity index (χ0n) is 14.6. The van der Waals surface area contributed by atoms with Crippen LogP contribution in [0.15, 0.2) is 24.4 Å². The molecular formula is C18H21N5O2S. The van der Waals surface area contributed by atoms with Crippen molar-refractivity contribution in [1.29, 1.82) is 0 Å². The summed E-state index contributed by atoms with van der Waals surface area (Å²) >= 11 is 1.58. The van der Waals surface area contributed by atoms with Gasteiger partial charge in [0.15, 0.2) is 0 Å². The average molecular weight is 371 g/mol. The first-order valence-corrected chi connectivity index (χ1v) is 9.58. The predicted octanol–water partition coefficient (Wildman–Crippen LogP) is 2.80. The topological polar surface area (TPSA) is 93.1 Å². The lowest BCUT2D eigenvalue weighted by atomic mass is 9.93. The van der Waals surface area contributed by atoms with Crippen molar-refractivity contribution in [3.8, 4) is 5.88 Å². The molecule has 8 heteroatoms. The molecule has 3 heterocycles. The number of thiazole rings is 1. The van der Waals surface area contributed by atoms with Gasteiger partial charge in [-0.3, -0.25) is 0 Å². The number of pyridine rings is 1. The smallest absolute Gasteiger partial charge is 0.226 e. The Bertz CT molecular complexity index is 859. The van der Waals surface area contributed by atoms with E-state index in [1.165, 1.54) is 0 Å². The Kier molecular flexibility index (Phi) is 4.94. The van der Waals surface area contributed by atoms with Crippen molar-refractivity contribution >= 4 is 27.6 Å². The van der Waals surface area contributed by atoms with Crippen molar-refractivity contribution in [3.63, 3.8) is 0 Å². The van der Waals surface area contributed by atoms with Crippen LogP contribution in [-0.4, -0.2) is 44.3 Å². The molecule has 0 bridgehead atoms. The third-order valence-electron chi connectivity index (χ3n) is 4.54. The highest BCUT2D eigenvalue weighted by Crippen LogP contribution is 2.24. The van der Waals surface area contributed by atoms with Gasteiger partial charge in [-0.15, -0.1) is 0 Å². The van der Waals surface area contributed by atoms with Gasteiger partial charge >= 0.3 is 0 Å². The second-order valence-corrected chi connectivity index (χ2v) is 7.55. The van der Waals surface area contributed by atoms with Crippen molar-refractivity contribution < 1.29 is 9.84 Å². The maximum atomic E-state index is 9.65. The number of aliphatic hydroxyl groups excluding tert-OH is 1. The van der Waals surface area contributed by atoms with Gasteiger partial charge in [-0.05, 0) is 37.8 Å². The molecule has 0 atom stereocenters. The lowest BCUT2D eigenvalue weighted by molar-refractivity contribution is 0.126. The zero-order chi connectivity index (χ0) is 17.9. The second kappa shape index (κ2) is 7.51. The summed E-state index contributed by atoms with van der Waals surface area (Å²) in [6.45, 7) is 0. The molecule has 0 radical (unpaired) electrons. The standard InChI is InChI=1S/C18H21N5O2S/c1-25-15-9-12(10-16-22-14-3-2-8-19-17(14)26-16)21-18(23-15)20-11-4-6-13(24)7-5-11/h2-3,8-9,11,13,24H,4-7,10H2,1H3,(H,20,21,23). The molecule has 1 saturated carbocycles. The largest absolute Gasteiger partial charge is 0.481 e. The second-order valence-electron chi connectivity index (χ2n) is 6.49. The Morgan fingerprint density at radius 1 is 1.23 bits per heavy atom. The third-order valence-corrected chi connectivity index (χ3v) is 5.52. The number of fused-ring (bicyclic) bond motifs is 1. The number of rotatable bonds is 5. The summed E-state index contributed by atoms with van der Waals surface area (Å²) in [5.41, 5.74) is 1.77. The SMILES string of the molecule is COc1cc(Cc2nc3cccnc3s2)nc(NC2CCC(O)CC2)n1. The van der Waals surface area contributed by atoms with Crippen molar-refractivity contribution in [1.82, 2.24) is 19.9 Å². The predicted molar refractivity (Wildman–Crippen MR) is 101 cm³/mol. The van der Waals surface area contributed by atoms with Gasteiger partial charge in [0.1, 0.15) is 15.4 Å². The molecule has 0 unspecified atom stereocenters. The molecule has 26 heavy (non-hydrogen) atoms. The zero-order valence-corrected chi connectivity index (χ0v) is 15.4. The summed E-state index contributed by atoms with van der Waals surface area (Å²) in [5.74, 6) is 1.10. The van der Waals surface area contributed by atoms with Gasteiger partial charge < -0.3 is 15.2 Å². The van der Waals surface area contributed by atoms with E-state index in [2.05, 4.69) is 25.3 Å². The Morgan fingerprint density at radius 3 is 2.85 bits per heavy atom. The van der Waals surface area contributed by atoms with Crippen LogP contribution in [-0.2, 0) is 6.42 Å². The van der Waals surface area contributed by atoms with E-state index in [1.54, 1.807) is 24.6 Å². The van der Waals surface area contributed by atoms with Gasteiger partial charge in [0.05, 0.1) is 18.9 Å². The fraction of sp³-hybridized carbons (Fsp3) is 0.444. The van der Waals surface area contributed by atoms with E-state index in [1.807, 2.05) is 18.2 Å². The van der Waals surface area contributed by atoms with Crippen LogP contribution in [0.3, 0.4) is 0 Å². The number of anilines is 1. The lowest BCUT2D eigenvalue weighted by Crippen LogP contribution is -2.29. The molecule has 0 spiro atoms. The van der Waals surface area contributed by atoms with E-state index in [9.17, 15) is 5.11 Å². The van der Waals surface area contributed by atoms with E-state index in [-0.39, 0.29) is 12.1 Å². The summed E-state index contributed by atoms with van der Waals surface area (Å²) in [4.78, 5) is 19.0. The van der Waals surface area contributed by atoms with Crippen LogP contribution < -0.4 is 10.1 Å². The van der Waals surface area contributed by atoms with Crippen LogP contribution in [0, 0.1) is 0 Å². The van der Waals surface area contributed by atoms with E-state index < -0.39 is 0 Å². The molecule has 0 saturated heterocycles.